The van der Waals surface area contributed by atoms with Crippen LogP contribution in [0.3, 0.4) is 0 Å². The van der Waals surface area contributed by atoms with Crippen molar-refractivity contribution in [2.24, 2.45) is 0 Å². The van der Waals surface area contributed by atoms with Crippen LogP contribution in [-0.2, 0) is 0 Å². The molecule has 11 heavy (non-hydrogen) atoms. The van der Waals surface area contributed by atoms with Crippen LogP contribution in [0, 0.1) is 0 Å². The van der Waals surface area contributed by atoms with Crippen LogP contribution in [-0.4, -0.2) is 0 Å². The zero-order valence-corrected chi connectivity index (χ0v) is 8.85. The second-order valence-electron chi connectivity index (χ2n) is 2.11. The van der Waals surface area contributed by atoms with Gasteiger partial charge in [-0.15, -0.1) is 0 Å². The number of halogens is 2. The first-order chi connectivity index (χ1) is 5.07. The average Bonchev–Trinajstić information content (AvgIpc) is 1.99. The van der Waals surface area contributed by atoms with Crippen LogP contribution in [0.1, 0.15) is 13.8 Å². The molecular formula is C8H10Cl2S. The Morgan fingerprint density at radius 2 is 1.91 bits per heavy atom. The van der Waals surface area contributed by atoms with Crippen molar-refractivity contribution in [3.8, 4) is 0 Å². The number of allylic oxidation sites excluding steroid dienone is 5. The maximum absolute atomic E-state index is 5.62. The van der Waals surface area contributed by atoms with Crippen LogP contribution in [0.4, 0.5) is 0 Å². The Bertz CT molecular complexity index is 204. The van der Waals surface area contributed by atoms with E-state index in [9.17, 15) is 0 Å². The normalized spacial score (nSPS) is 13.5. The highest BCUT2D eigenvalue weighted by Crippen LogP contribution is 2.19. The van der Waals surface area contributed by atoms with Crippen molar-refractivity contribution in [3.05, 3.63) is 34.2 Å². The summed E-state index contributed by atoms with van der Waals surface area (Å²) in [6, 6.07) is 0. The Kier molecular flexibility index (Phi) is 5.83. The maximum Gasteiger partial charge on any atom is 0.0363 e. The van der Waals surface area contributed by atoms with Crippen LogP contribution in [0.25, 0.3) is 0 Å². The molecule has 0 spiro atoms. The largest absolute Gasteiger partial charge is 0.0847 e. The number of hydrogen-bond acceptors (Lipinski definition) is 1. The lowest BCUT2D eigenvalue weighted by molar-refractivity contribution is 1.50. The molecule has 0 saturated carbocycles. The van der Waals surface area contributed by atoms with Gasteiger partial charge in [0, 0.05) is 5.03 Å². The van der Waals surface area contributed by atoms with Crippen LogP contribution in [0.15, 0.2) is 34.2 Å². The third-order valence-corrected chi connectivity index (χ3v) is 2.53. The molecular weight excluding hydrogens is 199 g/mol. The first-order valence-electron chi connectivity index (χ1n) is 3.06. The molecule has 0 atom stereocenters. The van der Waals surface area contributed by atoms with E-state index in [1.165, 1.54) is 11.0 Å². The standard InChI is InChI=1S/C8H10Cl2S/c1-6(8(3)9)4-5-7(2)11-10/h4-5H,3H2,1-2H3/b6-4-,7-5+. The predicted molar refractivity (Wildman–Crippen MR) is 56.0 cm³/mol. The van der Waals surface area contributed by atoms with E-state index in [1.807, 2.05) is 26.0 Å². The third-order valence-electron chi connectivity index (χ3n) is 1.12. The van der Waals surface area contributed by atoms with Crippen LogP contribution < -0.4 is 0 Å². The second kappa shape index (κ2) is 5.76. The molecule has 0 unspecified atom stereocenters. The topological polar surface area (TPSA) is 0 Å². The summed E-state index contributed by atoms with van der Waals surface area (Å²) in [6.07, 6.45) is 3.79. The van der Waals surface area contributed by atoms with Gasteiger partial charge in [-0.2, -0.15) is 0 Å². The molecule has 0 nitrogen and oxygen atoms in total. The van der Waals surface area contributed by atoms with E-state index in [1.54, 1.807) is 0 Å². The molecule has 0 radical (unpaired) electrons. The first-order valence-corrected chi connectivity index (χ1v) is 5.08. The fraction of sp³-hybridized carbons (Fsp3) is 0.250. The molecule has 0 aromatic rings. The van der Waals surface area contributed by atoms with Crippen molar-refractivity contribution in [2.45, 2.75) is 13.8 Å². The van der Waals surface area contributed by atoms with Crippen molar-refractivity contribution in [1.29, 1.82) is 0 Å². The Balaban J connectivity index is 4.22. The summed E-state index contributed by atoms with van der Waals surface area (Å²) in [5, 5.41) is 0.564. The molecule has 0 aromatic carbocycles. The molecule has 0 heterocycles. The summed E-state index contributed by atoms with van der Waals surface area (Å²) in [4.78, 5) is 1.03. The summed E-state index contributed by atoms with van der Waals surface area (Å²) in [5.74, 6) is 0. The fourth-order valence-corrected chi connectivity index (χ4v) is 0.695. The molecule has 0 aromatic heterocycles. The summed E-state index contributed by atoms with van der Waals surface area (Å²) < 4.78 is 0. The van der Waals surface area contributed by atoms with Gasteiger partial charge in [-0.3, -0.25) is 0 Å². The second-order valence-corrected chi connectivity index (χ2v) is 3.83. The van der Waals surface area contributed by atoms with Crippen molar-refractivity contribution in [1.82, 2.24) is 0 Å². The average molecular weight is 209 g/mol. The predicted octanol–water partition coefficient (Wildman–Crippen LogP) is 4.48. The molecule has 0 amide bonds. The number of rotatable bonds is 3. The molecule has 0 aliphatic heterocycles. The third kappa shape index (κ3) is 5.42. The summed E-state index contributed by atoms with van der Waals surface area (Å²) in [6.45, 7) is 7.42. The van der Waals surface area contributed by atoms with Gasteiger partial charge in [0.1, 0.15) is 0 Å². The van der Waals surface area contributed by atoms with Gasteiger partial charge < -0.3 is 0 Å². The minimum atomic E-state index is 0.564. The van der Waals surface area contributed by atoms with E-state index in [2.05, 4.69) is 6.58 Å². The van der Waals surface area contributed by atoms with Gasteiger partial charge in [-0.25, -0.2) is 0 Å². The molecule has 0 aliphatic carbocycles. The number of hydrogen-bond donors (Lipinski definition) is 0. The highest BCUT2D eigenvalue weighted by atomic mass is 35.7. The van der Waals surface area contributed by atoms with Gasteiger partial charge in [0.05, 0.1) is 0 Å². The SMILES string of the molecule is C=C(Cl)/C(C)=C\C=C(/C)SCl. The lowest BCUT2D eigenvalue weighted by atomic mass is 10.3. The van der Waals surface area contributed by atoms with E-state index in [0.29, 0.717) is 5.03 Å². The van der Waals surface area contributed by atoms with Crippen LogP contribution in [0.5, 0.6) is 0 Å². The highest BCUT2D eigenvalue weighted by molar-refractivity contribution is 8.24. The maximum atomic E-state index is 5.62. The Labute approximate surface area is 81.5 Å². The first kappa shape index (κ1) is 11.2. The Morgan fingerprint density at radius 3 is 2.27 bits per heavy atom. The van der Waals surface area contributed by atoms with Gasteiger partial charge in [0.2, 0.25) is 0 Å². The van der Waals surface area contributed by atoms with Crippen molar-refractivity contribution in [3.63, 3.8) is 0 Å². The molecule has 62 valence electrons. The van der Waals surface area contributed by atoms with Crippen LogP contribution in [0.2, 0.25) is 0 Å². The summed E-state index contributed by atoms with van der Waals surface area (Å²) in [5.41, 5.74) is 0.955. The van der Waals surface area contributed by atoms with Gasteiger partial charge in [-0.1, -0.05) is 30.3 Å². The van der Waals surface area contributed by atoms with E-state index in [4.69, 9.17) is 22.3 Å². The summed E-state index contributed by atoms with van der Waals surface area (Å²) >= 11 is 5.62. The molecule has 0 N–H and O–H groups in total. The molecule has 0 bridgehead atoms. The van der Waals surface area contributed by atoms with Crippen LogP contribution >= 0.6 is 33.3 Å². The zero-order chi connectivity index (χ0) is 8.85. The monoisotopic (exact) mass is 208 g/mol. The molecule has 0 saturated heterocycles. The lowest BCUT2D eigenvalue weighted by Gasteiger charge is -1.93. The van der Waals surface area contributed by atoms with Gasteiger partial charge in [0.15, 0.2) is 0 Å². The molecule has 0 rings (SSSR count). The summed E-state index contributed by atoms with van der Waals surface area (Å²) in [7, 11) is 6.67. The minimum Gasteiger partial charge on any atom is -0.0847 e. The quantitative estimate of drug-likeness (QED) is 0.617. The molecule has 0 aliphatic rings. The van der Waals surface area contributed by atoms with E-state index >= 15 is 0 Å². The fourth-order valence-electron chi connectivity index (χ4n) is 0.358. The van der Waals surface area contributed by atoms with E-state index < -0.39 is 0 Å². The van der Waals surface area contributed by atoms with E-state index in [0.717, 1.165) is 10.5 Å². The molecule has 0 fully saturated rings. The van der Waals surface area contributed by atoms with Gasteiger partial charge in [-0.05, 0) is 46.0 Å². The van der Waals surface area contributed by atoms with Crippen molar-refractivity contribution in [2.75, 3.05) is 0 Å². The molecule has 3 heteroatoms. The highest BCUT2D eigenvalue weighted by Gasteiger charge is 1.89. The smallest absolute Gasteiger partial charge is 0.0363 e. The van der Waals surface area contributed by atoms with Gasteiger partial charge in [0.25, 0.3) is 0 Å². The van der Waals surface area contributed by atoms with Crippen molar-refractivity contribution >= 4 is 33.3 Å². The van der Waals surface area contributed by atoms with Crippen molar-refractivity contribution < 1.29 is 0 Å². The van der Waals surface area contributed by atoms with Gasteiger partial charge >= 0.3 is 0 Å². The van der Waals surface area contributed by atoms with E-state index in [-0.39, 0.29) is 0 Å². The lowest BCUT2D eigenvalue weighted by Crippen LogP contribution is -1.71. The Morgan fingerprint density at radius 1 is 1.36 bits per heavy atom. The zero-order valence-electron chi connectivity index (χ0n) is 6.53. The minimum absolute atomic E-state index is 0.564. The Hall–Kier alpha value is 0.150.